The molecule has 3 rings (SSSR count). The van der Waals surface area contributed by atoms with Crippen LogP contribution >= 0.6 is 0 Å². The van der Waals surface area contributed by atoms with Gasteiger partial charge in [-0.05, 0) is 24.5 Å². The number of nitrogens with one attached hydrogen (secondary N) is 1. The van der Waals surface area contributed by atoms with Crippen LogP contribution in [0.25, 0.3) is 0 Å². The molecule has 1 fully saturated rings. The van der Waals surface area contributed by atoms with Crippen molar-refractivity contribution in [2.75, 3.05) is 25.1 Å². The first-order valence-electron chi connectivity index (χ1n) is 8.19. The molecule has 0 radical (unpaired) electrons. The molecular weight excluding hydrogens is 325 g/mol. The number of hydrogen-bond donors (Lipinski definition) is 1. The number of aromatic nitrogens is 3. The van der Waals surface area contributed by atoms with Gasteiger partial charge in [0.25, 0.3) is 0 Å². The summed E-state index contributed by atoms with van der Waals surface area (Å²) >= 11 is 0. The Kier molecular flexibility index (Phi) is 5.37. The zero-order valence-electron chi connectivity index (χ0n) is 14.0. The van der Waals surface area contributed by atoms with Crippen molar-refractivity contribution in [2.45, 2.75) is 25.8 Å². The average Bonchev–Trinajstić information content (AvgIpc) is 3.16. The predicted molar refractivity (Wildman–Crippen MR) is 89.8 cm³/mol. The molecule has 25 heavy (non-hydrogen) atoms. The lowest BCUT2D eigenvalue weighted by Crippen LogP contribution is -2.27. The van der Waals surface area contributed by atoms with Crippen LogP contribution in [-0.4, -0.2) is 41.1 Å². The minimum Gasteiger partial charge on any atom is -0.467 e. The van der Waals surface area contributed by atoms with Crippen molar-refractivity contribution in [3.8, 4) is 6.01 Å². The number of hydrogen-bond acceptors (Lipinski definition) is 6. The van der Waals surface area contributed by atoms with Gasteiger partial charge in [-0.25, -0.2) is 4.39 Å². The summed E-state index contributed by atoms with van der Waals surface area (Å²) in [7, 11) is 1.49. The molecule has 132 valence electrons. The van der Waals surface area contributed by atoms with Gasteiger partial charge in [-0.1, -0.05) is 18.2 Å². The lowest BCUT2D eigenvalue weighted by molar-refractivity contribution is -0.120. The van der Waals surface area contributed by atoms with Gasteiger partial charge in [-0.3, -0.25) is 4.79 Å². The zero-order valence-corrected chi connectivity index (χ0v) is 14.0. The quantitative estimate of drug-likeness (QED) is 0.854. The van der Waals surface area contributed by atoms with Crippen molar-refractivity contribution < 1.29 is 13.9 Å². The normalized spacial score (nSPS) is 13.8. The number of anilines is 1. The third-order valence-electron chi connectivity index (χ3n) is 3.97. The molecule has 1 N–H and O–H groups in total. The standard InChI is InChI=1S/C17H20FN5O2/c1-25-17-21-14(20-16(22-17)23-8-4-5-9-23)11-19-15(24)10-12-6-2-3-7-13(12)18/h2-3,6-7H,4-5,8-11H2,1H3,(H,19,24). The van der Waals surface area contributed by atoms with Crippen LogP contribution in [0.2, 0.25) is 0 Å². The Morgan fingerprint density at radius 2 is 2.00 bits per heavy atom. The van der Waals surface area contributed by atoms with Crippen molar-refractivity contribution in [3.63, 3.8) is 0 Å². The van der Waals surface area contributed by atoms with Gasteiger partial charge in [0.05, 0.1) is 20.1 Å². The Labute approximate surface area is 145 Å². The largest absolute Gasteiger partial charge is 0.467 e. The van der Waals surface area contributed by atoms with Crippen LogP contribution in [0.1, 0.15) is 24.2 Å². The molecule has 2 heterocycles. The molecule has 0 spiro atoms. The molecule has 1 amide bonds. The number of methoxy groups -OCH3 is 1. The summed E-state index contributed by atoms with van der Waals surface area (Å²) in [6, 6.07) is 6.43. The lowest BCUT2D eigenvalue weighted by atomic mass is 10.1. The summed E-state index contributed by atoms with van der Waals surface area (Å²) in [5, 5.41) is 2.71. The minimum atomic E-state index is -0.393. The van der Waals surface area contributed by atoms with Gasteiger partial charge >= 0.3 is 6.01 Å². The van der Waals surface area contributed by atoms with Crippen molar-refractivity contribution in [3.05, 3.63) is 41.5 Å². The van der Waals surface area contributed by atoms with E-state index in [0.717, 1.165) is 25.9 Å². The van der Waals surface area contributed by atoms with Crippen LogP contribution in [0.4, 0.5) is 10.3 Å². The van der Waals surface area contributed by atoms with E-state index < -0.39 is 5.82 Å². The fourth-order valence-electron chi connectivity index (χ4n) is 2.67. The first kappa shape index (κ1) is 17.1. The van der Waals surface area contributed by atoms with E-state index >= 15 is 0 Å². The summed E-state index contributed by atoms with van der Waals surface area (Å²) in [5.41, 5.74) is 0.353. The zero-order chi connectivity index (χ0) is 17.6. The Hall–Kier alpha value is -2.77. The van der Waals surface area contributed by atoms with Gasteiger partial charge in [0.2, 0.25) is 11.9 Å². The number of ether oxygens (including phenoxy) is 1. The topological polar surface area (TPSA) is 80.2 Å². The van der Waals surface area contributed by atoms with Gasteiger partial charge in [-0.2, -0.15) is 15.0 Å². The Morgan fingerprint density at radius 1 is 1.24 bits per heavy atom. The summed E-state index contributed by atoms with van der Waals surface area (Å²) in [4.78, 5) is 26.9. The third kappa shape index (κ3) is 4.40. The van der Waals surface area contributed by atoms with E-state index in [4.69, 9.17) is 4.74 Å². The van der Waals surface area contributed by atoms with E-state index in [1.807, 2.05) is 0 Å². The molecule has 1 aliphatic heterocycles. The van der Waals surface area contributed by atoms with Crippen molar-refractivity contribution in [2.24, 2.45) is 0 Å². The maximum absolute atomic E-state index is 13.6. The lowest BCUT2D eigenvalue weighted by Gasteiger charge is -2.16. The highest BCUT2D eigenvalue weighted by Crippen LogP contribution is 2.17. The maximum atomic E-state index is 13.6. The van der Waals surface area contributed by atoms with Crippen LogP contribution in [-0.2, 0) is 17.8 Å². The van der Waals surface area contributed by atoms with Gasteiger partial charge in [0.15, 0.2) is 5.82 Å². The van der Waals surface area contributed by atoms with Crippen LogP contribution < -0.4 is 15.0 Å². The monoisotopic (exact) mass is 345 g/mol. The fraction of sp³-hybridized carbons (Fsp3) is 0.412. The molecule has 0 atom stereocenters. The number of carbonyl (C=O) groups is 1. The first-order chi connectivity index (χ1) is 12.2. The smallest absolute Gasteiger partial charge is 0.321 e. The summed E-state index contributed by atoms with van der Waals surface area (Å²) < 4.78 is 18.7. The molecular formula is C17H20FN5O2. The molecule has 0 unspecified atom stereocenters. The van der Waals surface area contributed by atoms with Crippen LogP contribution in [0.3, 0.4) is 0 Å². The molecule has 7 nitrogen and oxygen atoms in total. The molecule has 1 aliphatic rings. The number of nitrogens with zero attached hydrogens (tertiary/aromatic N) is 4. The second-order valence-electron chi connectivity index (χ2n) is 5.78. The summed E-state index contributed by atoms with van der Waals surface area (Å²) in [6.07, 6.45) is 2.17. The Bertz CT molecular complexity index is 750. The number of carbonyl (C=O) groups excluding carboxylic acids is 1. The van der Waals surface area contributed by atoms with Gasteiger partial charge < -0.3 is 15.0 Å². The van der Waals surface area contributed by atoms with E-state index in [-0.39, 0.29) is 24.9 Å². The van der Waals surface area contributed by atoms with Crippen molar-refractivity contribution >= 4 is 11.9 Å². The fourth-order valence-corrected chi connectivity index (χ4v) is 2.67. The first-order valence-corrected chi connectivity index (χ1v) is 8.19. The van der Waals surface area contributed by atoms with E-state index in [1.165, 1.54) is 13.2 Å². The highest BCUT2D eigenvalue weighted by atomic mass is 19.1. The van der Waals surface area contributed by atoms with Crippen LogP contribution in [0.15, 0.2) is 24.3 Å². The van der Waals surface area contributed by atoms with E-state index in [2.05, 4.69) is 25.2 Å². The Morgan fingerprint density at radius 3 is 2.72 bits per heavy atom. The third-order valence-corrected chi connectivity index (χ3v) is 3.97. The molecule has 8 heteroatoms. The number of halogens is 1. The van der Waals surface area contributed by atoms with E-state index in [9.17, 15) is 9.18 Å². The van der Waals surface area contributed by atoms with Gasteiger partial charge in [0.1, 0.15) is 5.82 Å². The molecule has 1 aromatic carbocycles. The highest BCUT2D eigenvalue weighted by Gasteiger charge is 2.18. The Balaban J connectivity index is 1.64. The minimum absolute atomic E-state index is 0.0339. The molecule has 2 aromatic rings. The average molecular weight is 345 g/mol. The maximum Gasteiger partial charge on any atom is 0.321 e. The summed E-state index contributed by atoms with van der Waals surface area (Å²) in [5.74, 6) is 0.279. The van der Waals surface area contributed by atoms with Gasteiger partial charge in [0, 0.05) is 13.1 Å². The second-order valence-corrected chi connectivity index (χ2v) is 5.78. The molecule has 0 bridgehead atoms. The highest BCUT2D eigenvalue weighted by molar-refractivity contribution is 5.78. The molecule has 1 saturated heterocycles. The van der Waals surface area contributed by atoms with E-state index in [0.29, 0.717) is 17.3 Å². The van der Waals surface area contributed by atoms with Crippen LogP contribution in [0.5, 0.6) is 6.01 Å². The van der Waals surface area contributed by atoms with Crippen molar-refractivity contribution in [1.82, 2.24) is 20.3 Å². The van der Waals surface area contributed by atoms with Crippen LogP contribution in [0, 0.1) is 5.82 Å². The predicted octanol–water partition coefficient (Wildman–Crippen LogP) is 1.48. The van der Waals surface area contributed by atoms with E-state index in [1.54, 1.807) is 18.2 Å². The molecule has 0 saturated carbocycles. The van der Waals surface area contributed by atoms with Crippen molar-refractivity contribution in [1.29, 1.82) is 0 Å². The molecule has 0 aliphatic carbocycles. The number of benzene rings is 1. The number of amides is 1. The SMILES string of the molecule is COc1nc(CNC(=O)Cc2ccccc2F)nc(N2CCCC2)n1. The summed E-state index contributed by atoms with van der Waals surface area (Å²) in [6.45, 7) is 1.92. The molecule has 1 aromatic heterocycles. The number of rotatable bonds is 6. The van der Waals surface area contributed by atoms with Gasteiger partial charge in [-0.15, -0.1) is 0 Å². The second kappa shape index (κ2) is 7.87.